The fraction of sp³-hybridized carbons (Fsp3) is 0.409. The number of fused-ring (bicyclic) bond motifs is 1. The van der Waals surface area contributed by atoms with Crippen molar-refractivity contribution in [1.29, 1.82) is 0 Å². The number of carbonyl (C=O) groups excluding carboxylic acids is 1. The maximum Gasteiger partial charge on any atom is 0.241 e. The number of hydrogen-bond donors (Lipinski definition) is 0. The topological polar surface area (TPSA) is 36.0 Å². The maximum atomic E-state index is 13.1. The van der Waals surface area contributed by atoms with E-state index in [1.165, 1.54) is 11.3 Å². The van der Waals surface area contributed by atoms with Gasteiger partial charge in [-0.25, -0.2) is 0 Å². The second-order valence-corrected chi connectivity index (χ2v) is 7.41. The van der Waals surface area contributed by atoms with Crippen LogP contribution in [0, 0.1) is 0 Å². The van der Waals surface area contributed by atoms with Gasteiger partial charge in [0, 0.05) is 44.0 Å². The molecule has 1 fully saturated rings. The lowest BCUT2D eigenvalue weighted by Crippen LogP contribution is -2.51. The summed E-state index contributed by atoms with van der Waals surface area (Å²) in [6, 6.07) is 16.7. The highest BCUT2D eigenvalue weighted by Gasteiger charge is 2.32. The molecule has 0 radical (unpaired) electrons. The van der Waals surface area contributed by atoms with E-state index in [0.717, 1.165) is 44.0 Å². The second kappa shape index (κ2) is 7.61. The molecular formula is C22H27N3O2. The summed E-state index contributed by atoms with van der Waals surface area (Å²) in [5.74, 6) is 0.986. The number of methoxy groups -OCH3 is 1. The van der Waals surface area contributed by atoms with Gasteiger partial charge in [0.1, 0.15) is 5.75 Å². The summed E-state index contributed by atoms with van der Waals surface area (Å²) in [6.45, 7) is 6.33. The SMILES string of the molecule is COc1ccc2c(c1)N(C(=O)CN1CCN(c3ccccc3)CC1)C(C)C2. The van der Waals surface area contributed by atoms with Gasteiger partial charge in [-0.15, -0.1) is 0 Å². The molecule has 2 aliphatic rings. The molecule has 2 heterocycles. The van der Waals surface area contributed by atoms with E-state index >= 15 is 0 Å². The highest BCUT2D eigenvalue weighted by Crippen LogP contribution is 2.35. The van der Waals surface area contributed by atoms with Crippen molar-refractivity contribution in [3.8, 4) is 5.75 Å². The predicted molar refractivity (Wildman–Crippen MR) is 109 cm³/mol. The van der Waals surface area contributed by atoms with Crippen molar-refractivity contribution in [2.45, 2.75) is 19.4 Å². The summed E-state index contributed by atoms with van der Waals surface area (Å²) in [5.41, 5.74) is 3.50. The lowest BCUT2D eigenvalue weighted by atomic mass is 10.1. The average Bonchev–Trinajstić information content (AvgIpc) is 3.04. The third-order valence-corrected chi connectivity index (χ3v) is 5.63. The van der Waals surface area contributed by atoms with Crippen LogP contribution < -0.4 is 14.5 Å². The zero-order valence-electron chi connectivity index (χ0n) is 16.1. The van der Waals surface area contributed by atoms with Gasteiger partial charge in [-0.2, -0.15) is 0 Å². The zero-order chi connectivity index (χ0) is 18.8. The van der Waals surface area contributed by atoms with E-state index in [-0.39, 0.29) is 11.9 Å². The number of benzene rings is 2. The van der Waals surface area contributed by atoms with Crippen LogP contribution in [-0.2, 0) is 11.2 Å². The molecule has 0 saturated carbocycles. The Morgan fingerprint density at radius 1 is 1.07 bits per heavy atom. The van der Waals surface area contributed by atoms with Crippen LogP contribution in [0.25, 0.3) is 0 Å². The molecule has 1 amide bonds. The number of carbonyl (C=O) groups is 1. The van der Waals surface area contributed by atoms with Crippen molar-refractivity contribution in [2.75, 3.05) is 49.6 Å². The second-order valence-electron chi connectivity index (χ2n) is 7.41. The van der Waals surface area contributed by atoms with Gasteiger partial charge in [-0.05, 0) is 37.1 Å². The monoisotopic (exact) mass is 365 g/mol. The number of piperazine rings is 1. The number of ether oxygens (including phenoxy) is 1. The lowest BCUT2D eigenvalue weighted by molar-refractivity contribution is -0.120. The van der Waals surface area contributed by atoms with Crippen LogP contribution >= 0.6 is 0 Å². The molecular weight excluding hydrogens is 338 g/mol. The Labute approximate surface area is 161 Å². The number of nitrogens with zero attached hydrogens (tertiary/aromatic N) is 3. The average molecular weight is 365 g/mol. The smallest absolute Gasteiger partial charge is 0.241 e. The summed E-state index contributed by atoms with van der Waals surface area (Å²) < 4.78 is 5.35. The molecule has 2 aromatic carbocycles. The summed E-state index contributed by atoms with van der Waals surface area (Å²) in [6.07, 6.45) is 0.910. The standard InChI is InChI=1S/C22H27N3O2/c1-17-14-18-8-9-20(27-2)15-21(18)25(17)22(26)16-23-10-12-24(13-11-23)19-6-4-3-5-7-19/h3-9,15,17H,10-14,16H2,1-2H3. The van der Waals surface area contributed by atoms with Gasteiger partial charge in [0.15, 0.2) is 0 Å². The minimum absolute atomic E-state index is 0.183. The van der Waals surface area contributed by atoms with Gasteiger partial charge in [-0.3, -0.25) is 9.69 Å². The van der Waals surface area contributed by atoms with E-state index in [1.807, 2.05) is 23.1 Å². The quantitative estimate of drug-likeness (QED) is 0.835. The van der Waals surface area contributed by atoms with Crippen LogP contribution in [-0.4, -0.2) is 56.7 Å². The van der Waals surface area contributed by atoms with Crippen LogP contribution in [0.15, 0.2) is 48.5 Å². The Kier molecular flexibility index (Phi) is 5.03. The first-order valence-electron chi connectivity index (χ1n) is 9.67. The molecule has 0 aromatic heterocycles. The fourth-order valence-corrected chi connectivity index (χ4v) is 4.17. The van der Waals surface area contributed by atoms with Gasteiger partial charge in [0.2, 0.25) is 5.91 Å². The molecule has 0 aliphatic carbocycles. The number of para-hydroxylation sites is 1. The number of hydrogen-bond acceptors (Lipinski definition) is 4. The third-order valence-electron chi connectivity index (χ3n) is 5.63. The molecule has 1 atom stereocenters. The van der Waals surface area contributed by atoms with Gasteiger partial charge in [0.25, 0.3) is 0 Å². The largest absolute Gasteiger partial charge is 0.497 e. The Morgan fingerprint density at radius 3 is 2.52 bits per heavy atom. The van der Waals surface area contributed by atoms with Crippen LogP contribution in [0.5, 0.6) is 5.75 Å². The zero-order valence-corrected chi connectivity index (χ0v) is 16.1. The lowest BCUT2D eigenvalue weighted by Gasteiger charge is -2.36. The first kappa shape index (κ1) is 17.9. The van der Waals surface area contributed by atoms with E-state index in [2.05, 4.69) is 47.1 Å². The van der Waals surface area contributed by atoms with E-state index < -0.39 is 0 Å². The Morgan fingerprint density at radius 2 is 1.81 bits per heavy atom. The van der Waals surface area contributed by atoms with Gasteiger partial charge in [-0.1, -0.05) is 24.3 Å². The van der Waals surface area contributed by atoms with Crippen molar-refractivity contribution < 1.29 is 9.53 Å². The molecule has 27 heavy (non-hydrogen) atoms. The molecule has 142 valence electrons. The Balaban J connectivity index is 1.39. The summed E-state index contributed by atoms with van der Waals surface area (Å²) >= 11 is 0. The molecule has 5 heteroatoms. The summed E-state index contributed by atoms with van der Waals surface area (Å²) in [7, 11) is 1.67. The number of anilines is 2. The molecule has 2 aliphatic heterocycles. The highest BCUT2D eigenvalue weighted by molar-refractivity contribution is 5.97. The molecule has 0 bridgehead atoms. The first-order valence-corrected chi connectivity index (χ1v) is 9.67. The van der Waals surface area contributed by atoms with Gasteiger partial charge >= 0.3 is 0 Å². The van der Waals surface area contributed by atoms with Crippen molar-refractivity contribution >= 4 is 17.3 Å². The van der Waals surface area contributed by atoms with E-state index in [4.69, 9.17) is 4.74 Å². The van der Waals surface area contributed by atoms with Crippen molar-refractivity contribution in [3.05, 3.63) is 54.1 Å². The van der Waals surface area contributed by atoms with Crippen molar-refractivity contribution in [3.63, 3.8) is 0 Å². The number of rotatable bonds is 4. The molecule has 1 saturated heterocycles. The van der Waals surface area contributed by atoms with Crippen LogP contribution in [0.1, 0.15) is 12.5 Å². The summed E-state index contributed by atoms with van der Waals surface area (Å²) in [5, 5.41) is 0. The molecule has 1 unspecified atom stereocenters. The fourth-order valence-electron chi connectivity index (χ4n) is 4.17. The van der Waals surface area contributed by atoms with E-state index in [9.17, 15) is 4.79 Å². The normalized spacial score (nSPS) is 19.9. The first-order chi connectivity index (χ1) is 13.2. The van der Waals surface area contributed by atoms with Gasteiger partial charge < -0.3 is 14.5 Å². The van der Waals surface area contributed by atoms with Crippen LogP contribution in [0.3, 0.4) is 0 Å². The number of amides is 1. The van der Waals surface area contributed by atoms with Crippen LogP contribution in [0.4, 0.5) is 11.4 Å². The molecule has 4 rings (SSSR count). The third kappa shape index (κ3) is 3.65. The Hall–Kier alpha value is -2.53. The molecule has 5 nitrogen and oxygen atoms in total. The molecule has 0 N–H and O–H groups in total. The minimum Gasteiger partial charge on any atom is -0.497 e. The molecule has 0 spiro atoms. The van der Waals surface area contributed by atoms with Gasteiger partial charge in [0.05, 0.1) is 19.3 Å². The minimum atomic E-state index is 0.183. The highest BCUT2D eigenvalue weighted by atomic mass is 16.5. The van der Waals surface area contributed by atoms with E-state index in [1.54, 1.807) is 7.11 Å². The maximum absolute atomic E-state index is 13.1. The summed E-state index contributed by atoms with van der Waals surface area (Å²) in [4.78, 5) is 19.7. The van der Waals surface area contributed by atoms with Crippen LogP contribution in [0.2, 0.25) is 0 Å². The Bertz CT molecular complexity index is 800. The van der Waals surface area contributed by atoms with Crippen molar-refractivity contribution in [1.82, 2.24) is 4.90 Å². The van der Waals surface area contributed by atoms with E-state index in [0.29, 0.717) is 6.54 Å². The predicted octanol–water partition coefficient (Wildman–Crippen LogP) is 2.80. The molecule has 2 aromatic rings. The van der Waals surface area contributed by atoms with Crippen molar-refractivity contribution in [2.24, 2.45) is 0 Å².